The SMILES string of the molecule is COC(=O)c1cc(CCCCCCCN2C(=O)c3ccccc3C2=O)c2cccccc1-2. The fourth-order valence-electron chi connectivity index (χ4n) is 4.44. The summed E-state index contributed by atoms with van der Waals surface area (Å²) < 4.78 is 4.95. The lowest BCUT2D eigenvalue weighted by Crippen LogP contribution is -2.30. The van der Waals surface area contributed by atoms with Gasteiger partial charge in [0.25, 0.3) is 11.8 Å². The number of imide groups is 1. The Balaban J connectivity index is 1.24. The Bertz CT molecular complexity index is 1090. The number of fused-ring (bicyclic) bond motifs is 2. The van der Waals surface area contributed by atoms with Crippen molar-refractivity contribution in [2.24, 2.45) is 0 Å². The first kappa shape index (κ1) is 21.8. The highest BCUT2D eigenvalue weighted by Gasteiger charge is 2.34. The van der Waals surface area contributed by atoms with E-state index in [-0.39, 0.29) is 17.8 Å². The van der Waals surface area contributed by atoms with Crippen LogP contribution in [0.3, 0.4) is 0 Å². The van der Waals surface area contributed by atoms with Gasteiger partial charge in [0.1, 0.15) is 0 Å². The Morgan fingerprint density at radius 2 is 1.31 bits per heavy atom. The highest BCUT2D eigenvalue weighted by atomic mass is 16.5. The largest absolute Gasteiger partial charge is 0.465 e. The molecule has 0 bridgehead atoms. The molecule has 1 aromatic rings. The van der Waals surface area contributed by atoms with Gasteiger partial charge < -0.3 is 4.74 Å². The van der Waals surface area contributed by atoms with Gasteiger partial charge in [0.15, 0.2) is 0 Å². The van der Waals surface area contributed by atoms with Gasteiger partial charge in [0.05, 0.1) is 23.8 Å². The molecule has 5 nitrogen and oxygen atoms in total. The van der Waals surface area contributed by atoms with Crippen molar-refractivity contribution in [1.29, 1.82) is 0 Å². The highest BCUT2D eigenvalue weighted by Crippen LogP contribution is 2.33. The summed E-state index contributed by atoms with van der Waals surface area (Å²) in [7, 11) is 1.41. The van der Waals surface area contributed by atoms with Crippen LogP contribution < -0.4 is 0 Å². The average Bonchev–Trinajstić information content (AvgIpc) is 3.14. The molecule has 0 unspecified atom stereocenters. The fourth-order valence-corrected chi connectivity index (χ4v) is 4.44. The summed E-state index contributed by atoms with van der Waals surface area (Å²) in [5.74, 6) is -0.660. The molecule has 1 aliphatic heterocycles. The molecule has 2 amide bonds. The summed E-state index contributed by atoms with van der Waals surface area (Å²) in [5.41, 5.74) is 4.84. The highest BCUT2D eigenvalue weighted by molar-refractivity contribution is 6.21. The van der Waals surface area contributed by atoms with Crippen molar-refractivity contribution in [3.63, 3.8) is 0 Å². The molecule has 1 aromatic carbocycles. The third kappa shape index (κ3) is 4.28. The monoisotopic (exact) mass is 429 g/mol. The molecule has 2 aliphatic carbocycles. The normalized spacial score (nSPS) is 13.0. The zero-order chi connectivity index (χ0) is 22.5. The van der Waals surface area contributed by atoms with Crippen LogP contribution in [0.25, 0.3) is 11.1 Å². The van der Waals surface area contributed by atoms with E-state index in [4.69, 9.17) is 4.74 Å². The Morgan fingerprint density at radius 3 is 2.00 bits per heavy atom. The molecule has 0 radical (unpaired) electrons. The molecule has 5 heteroatoms. The Hall–Kier alpha value is -3.47. The molecule has 0 saturated carbocycles. The molecule has 0 atom stereocenters. The lowest BCUT2D eigenvalue weighted by Gasteiger charge is -2.13. The number of rotatable bonds is 9. The van der Waals surface area contributed by atoms with E-state index in [1.54, 1.807) is 24.3 Å². The van der Waals surface area contributed by atoms with Crippen molar-refractivity contribution in [2.45, 2.75) is 38.5 Å². The number of hydrogen-bond donors (Lipinski definition) is 0. The third-order valence-corrected chi connectivity index (χ3v) is 6.10. The van der Waals surface area contributed by atoms with Gasteiger partial charge in [-0.3, -0.25) is 14.5 Å². The predicted octanol–water partition coefficient (Wildman–Crippen LogP) is 5.37. The van der Waals surface area contributed by atoms with Gasteiger partial charge >= 0.3 is 5.97 Å². The van der Waals surface area contributed by atoms with Gasteiger partial charge in [0.2, 0.25) is 0 Å². The topological polar surface area (TPSA) is 63.7 Å². The first-order valence-corrected chi connectivity index (χ1v) is 11.2. The number of carbonyl (C=O) groups excluding carboxylic acids is 3. The summed E-state index contributed by atoms with van der Waals surface area (Å²) >= 11 is 0. The third-order valence-electron chi connectivity index (χ3n) is 6.10. The van der Waals surface area contributed by atoms with Crippen molar-refractivity contribution in [3.05, 3.63) is 82.9 Å². The van der Waals surface area contributed by atoms with Crippen LogP contribution in [-0.4, -0.2) is 36.3 Å². The number of aryl methyl sites for hydroxylation is 1. The molecular formula is C27H27NO4. The zero-order valence-electron chi connectivity index (χ0n) is 18.3. The van der Waals surface area contributed by atoms with Crippen molar-refractivity contribution in [1.82, 2.24) is 4.90 Å². The van der Waals surface area contributed by atoms with Crippen LogP contribution in [0.4, 0.5) is 0 Å². The van der Waals surface area contributed by atoms with E-state index < -0.39 is 0 Å². The first-order chi connectivity index (χ1) is 15.6. The van der Waals surface area contributed by atoms with Gasteiger partial charge in [-0.25, -0.2) is 4.79 Å². The van der Waals surface area contributed by atoms with Crippen LogP contribution in [0.1, 0.15) is 68.7 Å². The van der Waals surface area contributed by atoms with Gasteiger partial charge in [-0.05, 0) is 54.2 Å². The van der Waals surface area contributed by atoms with E-state index in [0.717, 1.165) is 49.7 Å². The molecule has 0 N–H and O–H groups in total. The van der Waals surface area contributed by atoms with Gasteiger partial charge in [-0.2, -0.15) is 0 Å². The number of esters is 1. The number of amides is 2. The number of nitrogens with zero attached hydrogens (tertiary/aromatic N) is 1. The molecular weight excluding hydrogens is 402 g/mol. The van der Waals surface area contributed by atoms with Gasteiger partial charge in [0, 0.05) is 6.54 Å². The summed E-state index contributed by atoms with van der Waals surface area (Å²) in [6.45, 7) is 0.471. The van der Waals surface area contributed by atoms with Crippen molar-refractivity contribution in [3.8, 4) is 11.1 Å². The number of ether oxygens (including phenoxy) is 1. The summed E-state index contributed by atoms with van der Waals surface area (Å²) in [6, 6.07) is 18.9. The average molecular weight is 430 g/mol. The van der Waals surface area contributed by atoms with Crippen molar-refractivity contribution in [2.75, 3.05) is 13.7 Å². The smallest absolute Gasteiger partial charge is 0.338 e. The molecule has 1 heterocycles. The summed E-state index contributed by atoms with van der Waals surface area (Å²) in [5, 5.41) is 0. The van der Waals surface area contributed by atoms with Gasteiger partial charge in [-0.15, -0.1) is 0 Å². The lowest BCUT2D eigenvalue weighted by molar-refractivity contribution is 0.0599. The van der Waals surface area contributed by atoms with E-state index in [9.17, 15) is 14.4 Å². The van der Waals surface area contributed by atoms with Crippen LogP contribution in [0.5, 0.6) is 0 Å². The number of unbranched alkanes of at least 4 members (excludes halogenated alkanes) is 4. The van der Waals surface area contributed by atoms with Crippen LogP contribution in [-0.2, 0) is 11.2 Å². The predicted molar refractivity (Wildman–Crippen MR) is 123 cm³/mol. The summed E-state index contributed by atoms with van der Waals surface area (Å²) in [6.07, 6.45) is 5.80. The van der Waals surface area contributed by atoms with E-state index in [2.05, 4.69) is 6.07 Å². The molecule has 0 saturated heterocycles. The molecule has 0 fully saturated rings. The fraction of sp³-hybridized carbons (Fsp3) is 0.296. The van der Waals surface area contributed by atoms with Gasteiger partial charge in [-0.1, -0.05) is 61.7 Å². The quantitative estimate of drug-likeness (QED) is 0.261. The summed E-state index contributed by atoms with van der Waals surface area (Å²) in [4.78, 5) is 38.3. The minimum absolute atomic E-state index is 0.178. The molecule has 4 rings (SSSR count). The van der Waals surface area contributed by atoms with Crippen molar-refractivity contribution < 1.29 is 19.1 Å². The number of benzene rings is 1. The van der Waals surface area contributed by atoms with Crippen LogP contribution in [0.2, 0.25) is 0 Å². The van der Waals surface area contributed by atoms with Crippen molar-refractivity contribution >= 4 is 17.8 Å². The van der Waals surface area contributed by atoms with Crippen LogP contribution in [0, 0.1) is 0 Å². The second kappa shape index (κ2) is 9.77. The van der Waals surface area contributed by atoms with E-state index >= 15 is 0 Å². The van der Waals surface area contributed by atoms with E-state index in [1.165, 1.54) is 17.6 Å². The number of carbonyl (C=O) groups is 3. The molecule has 164 valence electrons. The second-order valence-electron chi connectivity index (χ2n) is 8.14. The first-order valence-electron chi connectivity index (χ1n) is 11.2. The Kier molecular flexibility index (Phi) is 6.64. The zero-order valence-corrected chi connectivity index (χ0v) is 18.3. The van der Waals surface area contributed by atoms with Crippen LogP contribution >= 0.6 is 0 Å². The molecule has 3 aliphatic rings. The molecule has 0 aromatic heterocycles. The minimum Gasteiger partial charge on any atom is -0.465 e. The van der Waals surface area contributed by atoms with Crippen LogP contribution in [0.15, 0.2) is 60.7 Å². The second-order valence-corrected chi connectivity index (χ2v) is 8.14. The van der Waals surface area contributed by atoms with E-state index in [1.807, 2.05) is 30.3 Å². The maximum absolute atomic E-state index is 12.4. The standard InChI is InChI=1S/C27H27NO4/c1-32-27(31)24-18-19(20-13-7-5-8-14-21(20)24)12-6-3-2-4-11-17-28-25(29)22-15-9-10-16-23(22)26(28)30/h5,7-10,13-16,18H,2-4,6,11-12,17H2,1H3. The van der Waals surface area contributed by atoms with E-state index in [0.29, 0.717) is 23.2 Å². The molecule has 0 spiro atoms. The maximum Gasteiger partial charge on any atom is 0.338 e. The Morgan fingerprint density at radius 1 is 0.750 bits per heavy atom. The molecule has 32 heavy (non-hydrogen) atoms. The maximum atomic E-state index is 12.4. The minimum atomic E-state index is -0.305. The Labute approximate surface area is 188 Å². The lowest BCUT2D eigenvalue weighted by atomic mass is 10.0. The number of hydrogen-bond acceptors (Lipinski definition) is 4. The number of methoxy groups -OCH3 is 1.